The fraction of sp³-hybridized carbons (Fsp3) is 0.242. The molecule has 44 heavy (non-hydrogen) atoms. The quantitative estimate of drug-likeness (QED) is 0.194. The van der Waals surface area contributed by atoms with Gasteiger partial charge in [0, 0.05) is 10.0 Å². The van der Waals surface area contributed by atoms with Gasteiger partial charge in [0.25, 0.3) is 5.56 Å². The van der Waals surface area contributed by atoms with Crippen LogP contribution in [0.25, 0.3) is 6.08 Å². The number of esters is 1. The minimum Gasteiger partial charge on any atom is -0.496 e. The third-order valence-electron chi connectivity index (χ3n) is 6.85. The van der Waals surface area contributed by atoms with Crippen molar-refractivity contribution in [2.75, 3.05) is 14.2 Å². The van der Waals surface area contributed by atoms with Gasteiger partial charge in [-0.15, -0.1) is 0 Å². The second-order valence-electron chi connectivity index (χ2n) is 10.2. The third kappa shape index (κ3) is 6.47. The first kappa shape index (κ1) is 31.6. The second-order valence-corrected chi connectivity index (χ2v) is 12.6. The Labute approximate surface area is 272 Å². The molecule has 0 N–H and O–H groups in total. The first-order valence-corrected chi connectivity index (χ1v) is 15.7. The van der Waals surface area contributed by atoms with Gasteiger partial charge in [-0.1, -0.05) is 69.2 Å². The number of nitrogens with zero attached hydrogens (tertiary/aromatic N) is 2. The van der Waals surface area contributed by atoms with Crippen LogP contribution in [0.15, 0.2) is 86.2 Å². The molecule has 1 aromatic heterocycles. The number of fused-ring (bicyclic) bond motifs is 1. The summed E-state index contributed by atoms with van der Waals surface area (Å²) in [5, 5.41) is 0.339. The van der Waals surface area contributed by atoms with Gasteiger partial charge in [0.15, 0.2) is 16.3 Å². The molecule has 1 aliphatic rings. The Morgan fingerprint density at radius 2 is 1.82 bits per heavy atom. The molecule has 0 amide bonds. The lowest BCUT2D eigenvalue weighted by Gasteiger charge is -2.26. The lowest BCUT2D eigenvalue weighted by molar-refractivity contribution is -0.143. The number of halogens is 2. The molecule has 0 spiro atoms. The van der Waals surface area contributed by atoms with E-state index in [1.54, 1.807) is 52.2 Å². The van der Waals surface area contributed by atoms with E-state index >= 15 is 0 Å². The van der Waals surface area contributed by atoms with Crippen LogP contribution in [-0.4, -0.2) is 30.9 Å². The topological polar surface area (TPSA) is 88.4 Å². The van der Waals surface area contributed by atoms with Gasteiger partial charge in [-0.2, -0.15) is 0 Å². The Morgan fingerprint density at radius 3 is 2.50 bits per heavy atom. The maximum atomic E-state index is 14.1. The molecule has 1 atom stereocenters. The monoisotopic (exact) mass is 696 g/mol. The number of ether oxygens (including phenoxy) is 4. The van der Waals surface area contributed by atoms with Crippen molar-refractivity contribution in [2.24, 2.45) is 4.99 Å². The molecule has 8 nitrogen and oxygen atoms in total. The van der Waals surface area contributed by atoms with Crippen LogP contribution in [0.3, 0.4) is 0 Å². The minimum atomic E-state index is -0.834. The number of rotatable bonds is 9. The fourth-order valence-electron chi connectivity index (χ4n) is 4.92. The SMILES string of the molecule is COc1ccc(Br)cc1[C@H]1C(C(=O)OC(C)C)=C(C)N=c2s/c(=C\c3cc(Cl)c(OCc4ccccc4)c(OC)c3)c(=O)n21. The van der Waals surface area contributed by atoms with Gasteiger partial charge in [0.2, 0.25) is 0 Å². The van der Waals surface area contributed by atoms with E-state index in [0.717, 1.165) is 10.0 Å². The van der Waals surface area contributed by atoms with E-state index in [9.17, 15) is 9.59 Å². The first-order chi connectivity index (χ1) is 21.1. The van der Waals surface area contributed by atoms with E-state index in [-0.39, 0.29) is 17.2 Å². The summed E-state index contributed by atoms with van der Waals surface area (Å²) in [4.78, 5) is 32.7. The van der Waals surface area contributed by atoms with Gasteiger partial charge in [0.05, 0.1) is 41.1 Å². The molecule has 0 saturated heterocycles. The van der Waals surface area contributed by atoms with Crippen molar-refractivity contribution in [1.29, 1.82) is 0 Å². The molecule has 0 fully saturated rings. The van der Waals surface area contributed by atoms with Crippen molar-refractivity contribution in [1.82, 2.24) is 4.57 Å². The van der Waals surface area contributed by atoms with Crippen LogP contribution >= 0.6 is 38.9 Å². The molecule has 0 bridgehead atoms. The second kappa shape index (κ2) is 13.4. The van der Waals surface area contributed by atoms with Gasteiger partial charge in [0.1, 0.15) is 18.4 Å². The summed E-state index contributed by atoms with van der Waals surface area (Å²) in [6.07, 6.45) is 1.36. The molecule has 0 saturated carbocycles. The summed E-state index contributed by atoms with van der Waals surface area (Å²) in [6, 6.07) is 17.8. The Bertz CT molecular complexity index is 1930. The highest BCUT2D eigenvalue weighted by molar-refractivity contribution is 9.10. The van der Waals surface area contributed by atoms with E-state index in [1.807, 2.05) is 42.5 Å². The van der Waals surface area contributed by atoms with Crippen molar-refractivity contribution in [2.45, 2.75) is 39.5 Å². The predicted molar refractivity (Wildman–Crippen MR) is 174 cm³/mol. The molecule has 11 heteroatoms. The van der Waals surface area contributed by atoms with Crippen LogP contribution in [0.1, 0.15) is 43.5 Å². The van der Waals surface area contributed by atoms with Crippen LogP contribution < -0.4 is 29.1 Å². The Hall–Kier alpha value is -3.86. The number of benzene rings is 3. The van der Waals surface area contributed by atoms with Crippen LogP contribution in [0.4, 0.5) is 0 Å². The van der Waals surface area contributed by atoms with Gasteiger partial charge in [-0.05, 0) is 68.3 Å². The minimum absolute atomic E-state index is 0.263. The lowest BCUT2D eigenvalue weighted by atomic mass is 9.95. The van der Waals surface area contributed by atoms with Gasteiger partial charge in [-0.25, -0.2) is 9.79 Å². The zero-order valence-corrected chi connectivity index (χ0v) is 27.9. The molecule has 228 valence electrons. The average Bonchev–Trinajstić information content (AvgIpc) is 3.29. The molecule has 0 radical (unpaired) electrons. The normalized spacial score (nSPS) is 14.7. The molecule has 1 aliphatic heterocycles. The maximum Gasteiger partial charge on any atom is 0.338 e. The van der Waals surface area contributed by atoms with Crippen LogP contribution in [0, 0.1) is 0 Å². The molecule has 4 aromatic rings. The van der Waals surface area contributed by atoms with E-state index < -0.39 is 12.0 Å². The number of thiazole rings is 1. The Kier molecular flexibility index (Phi) is 9.62. The maximum absolute atomic E-state index is 14.1. The largest absolute Gasteiger partial charge is 0.496 e. The van der Waals surface area contributed by atoms with Crippen LogP contribution in [-0.2, 0) is 16.1 Å². The number of carbonyl (C=O) groups excluding carboxylic acids is 1. The number of carbonyl (C=O) groups is 1. The van der Waals surface area contributed by atoms with Gasteiger partial charge < -0.3 is 18.9 Å². The number of aromatic nitrogens is 1. The van der Waals surface area contributed by atoms with E-state index in [1.165, 1.54) is 23.0 Å². The highest BCUT2D eigenvalue weighted by Gasteiger charge is 2.35. The van der Waals surface area contributed by atoms with Crippen LogP contribution in [0.2, 0.25) is 5.02 Å². The number of hydrogen-bond donors (Lipinski definition) is 0. The van der Waals surface area contributed by atoms with Crippen molar-refractivity contribution >= 4 is 50.9 Å². The van der Waals surface area contributed by atoms with Gasteiger partial charge >= 0.3 is 5.97 Å². The first-order valence-electron chi connectivity index (χ1n) is 13.7. The standard InChI is InChI=1S/C33H30BrClN2O6S/c1-18(2)43-32(39)28-19(3)36-33-37(29(28)23-16-22(34)11-12-25(23)40-4)31(38)27(44-33)15-21-13-24(35)30(26(14-21)41-5)42-17-20-9-7-6-8-10-20/h6-16,18,29H,17H2,1-5H3/b27-15-/t29-/m0/s1. The highest BCUT2D eigenvalue weighted by Crippen LogP contribution is 2.39. The summed E-state index contributed by atoms with van der Waals surface area (Å²) in [7, 11) is 3.08. The van der Waals surface area contributed by atoms with Gasteiger partial charge in [-0.3, -0.25) is 9.36 Å². The zero-order valence-electron chi connectivity index (χ0n) is 24.7. The van der Waals surface area contributed by atoms with Crippen molar-refractivity contribution < 1.29 is 23.7 Å². The Balaban J connectivity index is 1.63. The molecule has 0 unspecified atom stereocenters. The molecule has 0 aliphatic carbocycles. The average molecular weight is 698 g/mol. The predicted octanol–water partition coefficient (Wildman–Crippen LogP) is 6.20. The van der Waals surface area contributed by atoms with Crippen LogP contribution in [0.5, 0.6) is 17.2 Å². The number of allylic oxidation sites excluding steroid dienone is 1. The summed E-state index contributed by atoms with van der Waals surface area (Å²) in [6.45, 7) is 5.60. The molecule has 5 rings (SSSR count). The van der Waals surface area contributed by atoms with Crippen molar-refractivity contribution in [3.63, 3.8) is 0 Å². The highest BCUT2D eigenvalue weighted by atomic mass is 79.9. The van der Waals surface area contributed by atoms with Crippen molar-refractivity contribution in [3.8, 4) is 17.2 Å². The smallest absolute Gasteiger partial charge is 0.338 e. The molecule has 2 heterocycles. The summed E-state index contributed by atoms with van der Waals surface area (Å²) >= 11 is 11.4. The number of methoxy groups -OCH3 is 2. The number of hydrogen-bond acceptors (Lipinski definition) is 8. The molecular weight excluding hydrogens is 668 g/mol. The van der Waals surface area contributed by atoms with E-state index in [0.29, 0.717) is 55.0 Å². The zero-order chi connectivity index (χ0) is 31.5. The fourth-order valence-corrected chi connectivity index (χ4v) is 6.62. The summed E-state index contributed by atoms with van der Waals surface area (Å²) < 4.78 is 25.5. The van der Waals surface area contributed by atoms with E-state index in [2.05, 4.69) is 20.9 Å². The summed E-state index contributed by atoms with van der Waals surface area (Å²) in [5.74, 6) is 0.797. The Morgan fingerprint density at radius 1 is 1.09 bits per heavy atom. The molecular formula is C33H30BrClN2O6S. The third-order valence-corrected chi connectivity index (χ3v) is 8.60. The lowest BCUT2D eigenvalue weighted by Crippen LogP contribution is -2.40. The van der Waals surface area contributed by atoms with E-state index in [4.69, 9.17) is 30.5 Å². The van der Waals surface area contributed by atoms with Crippen molar-refractivity contribution in [3.05, 3.63) is 118 Å². The molecule has 3 aromatic carbocycles. The summed E-state index contributed by atoms with van der Waals surface area (Å²) in [5.41, 5.74) is 2.63.